The predicted octanol–water partition coefficient (Wildman–Crippen LogP) is 5.03. The molecule has 1 fully saturated rings. The second kappa shape index (κ2) is 5.91. The van der Waals surface area contributed by atoms with E-state index in [4.69, 9.17) is 11.6 Å². The Balaban J connectivity index is 1.92. The van der Waals surface area contributed by atoms with Crippen molar-refractivity contribution in [3.8, 4) is 0 Å². The number of hydrogen-bond acceptors (Lipinski definition) is 0. The van der Waals surface area contributed by atoms with Crippen molar-refractivity contribution in [1.29, 1.82) is 0 Å². The SMILES string of the molecule is Cc1ccc(C)c(CC(Cl)CC2CCCC2)c1. The third-order valence-corrected chi connectivity index (χ3v) is 4.34. The maximum Gasteiger partial charge on any atom is 0.0379 e. The fourth-order valence-electron chi connectivity index (χ4n) is 2.95. The van der Waals surface area contributed by atoms with Gasteiger partial charge in [-0.25, -0.2) is 0 Å². The standard InChI is InChI=1S/C16H23Cl/c1-12-7-8-13(2)15(9-12)11-16(17)10-14-5-3-4-6-14/h7-9,14,16H,3-6,10-11H2,1-2H3. The van der Waals surface area contributed by atoms with Crippen molar-refractivity contribution in [2.75, 3.05) is 0 Å². The highest BCUT2D eigenvalue weighted by Gasteiger charge is 2.19. The monoisotopic (exact) mass is 250 g/mol. The van der Waals surface area contributed by atoms with E-state index in [-0.39, 0.29) is 0 Å². The Labute approximate surface area is 110 Å². The minimum absolute atomic E-state index is 0.318. The summed E-state index contributed by atoms with van der Waals surface area (Å²) < 4.78 is 0. The second-order valence-corrected chi connectivity index (χ2v) is 6.23. The van der Waals surface area contributed by atoms with Gasteiger partial charge in [-0.3, -0.25) is 0 Å². The maximum absolute atomic E-state index is 6.52. The summed E-state index contributed by atoms with van der Waals surface area (Å²) in [6, 6.07) is 6.68. The van der Waals surface area contributed by atoms with Gasteiger partial charge in [0.2, 0.25) is 0 Å². The van der Waals surface area contributed by atoms with Crippen LogP contribution in [0, 0.1) is 19.8 Å². The first-order valence-electron chi connectivity index (χ1n) is 6.85. The van der Waals surface area contributed by atoms with E-state index in [1.54, 1.807) is 0 Å². The first-order valence-corrected chi connectivity index (χ1v) is 7.29. The molecule has 1 aromatic rings. The highest BCUT2D eigenvalue weighted by Crippen LogP contribution is 2.31. The van der Waals surface area contributed by atoms with E-state index in [0.717, 1.165) is 12.3 Å². The average molecular weight is 251 g/mol. The Morgan fingerprint density at radius 2 is 1.94 bits per heavy atom. The fourth-order valence-corrected chi connectivity index (χ4v) is 3.37. The van der Waals surface area contributed by atoms with E-state index >= 15 is 0 Å². The smallest absolute Gasteiger partial charge is 0.0379 e. The van der Waals surface area contributed by atoms with E-state index < -0.39 is 0 Å². The number of aryl methyl sites for hydroxylation is 2. The largest absolute Gasteiger partial charge is 0.123 e. The van der Waals surface area contributed by atoms with Crippen molar-refractivity contribution >= 4 is 11.6 Å². The summed E-state index contributed by atoms with van der Waals surface area (Å²) in [5, 5.41) is 0.318. The molecule has 1 aliphatic rings. The van der Waals surface area contributed by atoms with Crippen LogP contribution in [0.4, 0.5) is 0 Å². The Hall–Kier alpha value is -0.490. The first kappa shape index (κ1) is 13.0. The Kier molecular flexibility index (Phi) is 4.50. The van der Waals surface area contributed by atoms with E-state index in [9.17, 15) is 0 Å². The van der Waals surface area contributed by atoms with Gasteiger partial charge in [-0.2, -0.15) is 0 Å². The lowest BCUT2D eigenvalue weighted by Crippen LogP contribution is -2.10. The van der Waals surface area contributed by atoms with Gasteiger partial charge in [-0.1, -0.05) is 49.4 Å². The Morgan fingerprint density at radius 1 is 1.24 bits per heavy atom. The average Bonchev–Trinajstić information content (AvgIpc) is 2.76. The molecule has 1 unspecified atom stereocenters. The molecule has 0 radical (unpaired) electrons. The van der Waals surface area contributed by atoms with Gasteiger partial charge in [0, 0.05) is 5.38 Å². The topological polar surface area (TPSA) is 0 Å². The van der Waals surface area contributed by atoms with Crippen molar-refractivity contribution in [3.05, 3.63) is 34.9 Å². The van der Waals surface area contributed by atoms with Crippen LogP contribution >= 0.6 is 11.6 Å². The van der Waals surface area contributed by atoms with Gasteiger partial charge in [-0.05, 0) is 43.7 Å². The molecule has 0 nitrogen and oxygen atoms in total. The van der Waals surface area contributed by atoms with Crippen LogP contribution in [0.5, 0.6) is 0 Å². The van der Waals surface area contributed by atoms with E-state index in [2.05, 4.69) is 32.0 Å². The molecule has 17 heavy (non-hydrogen) atoms. The summed E-state index contributed by atoms with van der Waals surface area (Å²) in [5.74, 6) is 0.891. The number of hydrogen-bond donors (Lipinski definition) is 0. The van der Waals surface area contributed by atoms with Crippen molar-refractivity contribution in [3.63, 3.8) is 0 Å². The molecule has 0 aliphatic heterocycles. The van der Waals surface area contributed by atoms with Gasteiger partial charge in [0.05, 0.1) is 0 Å². The predicted molar refractivity (Wildman–Crippen MR) is 75.8 cm³/mol. The summed E-state index contributed by atoms with van der Waals surface area (Å²) in [6.07, 6.45) is 7.86. The van der Waals surface area contributed by atoms with Gasteiger partial charge in [0.15, 0.2) is 0 Å². The van der Waals surface area contributed by atoms with Crippen molar-refractivity contribution in [2.45, 2.75) is 57.7 Å². The molecule has 1 atom stereocenters. The van der Waals surface area contributed by atoms with Crippen molar-refractivity contribution in [2.24, 2.45) is 5.92 Å². The zero-order chi connectivity index (χ0) is 12.3. The van der Waals surface area contributed by atoms with Gasteiger partial charge < -0.3 is 0 Å². The van der Waals surface area contributed by atoms with Crippen molar-refractivity contribution < 1.29 is 0 Å². The molecule has 1 heteroatoms. The van der Waals surface area contributed by atoms with Crippen LogP contribution in [0.3, 0.4) is 0 Å². The molecular formula is C16H23Cl. The minimum atomic E-state index is 0.318. The van der Waals surface area contributed by atoms with Gasteiger partial charge in [-0.15, -0.1) is 11.6 Å². The second-order valence-electron chi connectivity index (χ2n) is 5.62. The lowest BCUT2D eigenvalue weighted by Gasteiger charge is -2.16. The third kappa shape index (κ3) is 3.74. The molecule has 0 saturated heterocycles. The van der Waals surface area contributed by atoms with Crippen LogP contribution in [0.1, 0.15) is 48.8 Å². The normalized spacial score (nSPS) is 18.5. The van der Waals surface area contributed by atoms with Crippen molar-refractivity contribution in [1.82, 2.24) is 0 Å². The van der Waals surface area contributed by atoms with Crippen LogP contribution in [-0.2, 0) is 6.42 Å². The van der Waals surface area contributed by atoms with E-state index in [1.807, 2.05) is 0 Å². The molecule has 0 N–H and O–H groups in total. The highest BCUT2D eigenvalue weighted by molar-refractivity contribution is 6.20. The summed E-state index contributed by atoms with van der Waals surface area (Å²) in [6.45, 7) is 4.34. The highest BCUT2D eigenvalue weighted by atomic mass is 35.5. The van der Waals surface area contributed by atoms with Crippen LogP contribution in [-0.4, -0.2) is 5.38 Å². The molecule has 1 aromatic carbocycles. The molecule has 94 valence electrons. The first-order chi connectivity index (χ1) is 8.15. The number of alkyl halides is 1. The molecule has 0 bridgehead atoms. The summed E-state index contributed by atoms with van der Waals surface area (Å²) in [7, 11) is 0. The number of rotatable bonds is 4. The lowest BCUT2D eigenvalue weighted by atomic mass is 9.95. The summed E-state index contributed by atoms with van der Waals surface area (Å²) in [5.41, 5.74) is 4.16. The maximum atomic E-state index is 6.52. The Bertz CT molecular complexity index is 364. The van der Waals surface area contributed by atoms with E-state index in [0.29, 0.717) is 5.38 Å². The molecule has 0 aromatic heterocycles. The van der Waals surface area contributed by atoms with Crippen LogP contribution in [0.25, 0.3) is 0 Å². The molecular weight excluding hydrogens is 228 g/mol. The van der Waals surface area contributed by atoms with Crippen LogP contribution in [0.2, 0.25) is 0 Å². The molecule has 0 spiro atoms. The third-order valence-electron chi connectivity index (χ3n) is 4.01. The van der Waals surface area contributed by atoms with Gasteiger partial charge in [0.1, 0.15) is 0 Å². The minimum Gasteiger partial charge on any atom is -0.123 e. The van der Waals surface area contributed by atoms with Crippen LogP contribution < -0.4 is 0 Å². The zero-order valence-electron chi connectivity index (χ0n) is 11.0. The van der Waals surface area contributed by atoms with Crippen LogP contribution in [0.15, 0.2) is 18.2 Å². The zero-order valence-corrected chi connectivity index (χ0v) is 11.8. The molecule has 0 heterocycles. The quantitative estimate of drug-likeness (QED) is 0.658. The van der Waals surface area contributed by atoms with Gasteiger partial charge in [0.25, 0.3) is 0 Å². The molecule has 0 amide bonds. The number of benzene rings is 1. The molecule has 2 rings (SSSR count). The lowest BCUT2D eigenvalue weighted by molar-refractivity contribution is 0.488. The summed E-state index contributed by atoms with van der Waals surface area (Å²) in [4.78, 5) is 0. The van der Waals surface area contributed by atoms with Gasteiger partial charge >= 0.3 is 0 Å². The summed E-state index contributed by atoms with van der Waals surface area (Å²) >= 11 is 6.52. The Morgan fingerprint density at radius 3 is 2.65 bits per heavy atom. The molecule has 1 aliphatic carbocycles. The molecule has 1 saturated carbocycles. The fraction of sp³-hybridized carbons (Fsp3) is 0.625. The van der Waals surface area contributed by atoms with E-state index in [1.165, 1.54) is 48.8 Å². The number of halogens is 1.